The van der Waals surface area contributed by atoms with E-state index in [1.165, 1.54) is 11.3 Å². The summed E-state index contributed by atoms with van der Waals surface area (Å²) in [6, 6.07) is 0. The monoisotopic (exact) mass is 208 g/mol. The number of aromatic nitrogens is 2. The Balaban J connectivity index is 2.61. The Morgan fingerprint density at radius 3 is 2.89 bits per heavy atom. The summed E-state index contributed by atoms with van der Waals surface area (Å²) < 4.78 is 5.63. The fourth-order valence-electron chi connectivity index (χ4n) is 0.415. The molecule has 0 unspecified atom stereocenters. The normalized spacial score (nSPS) is 10.0. The van der Waals surface area contributed by atoms with E-state index in [4.69, 9.17) is 4.74 Å². The zero-order valence-electron chi connectivity index (χ0n) is 4.80. The van der Waals surface area contributed by atoms with Gasteiger partial charge in [0.1, 0.15) is 5.01 Å². The van der Waals surface area contributed by atoms with Crippen molar-refractivity contribution in [2.45, 2.75) is 6.61 Å². The second-order valence-corrected chi connectivity index (χ2v) is 3.72. The smallest absolute Gasteiger partial charge is 0.183 e. The molecule has 0 spiro atoms. The average Bonchev–Trinajstić information content (AvgIpc) is 2.17. The summed E-state index contributed by atoms with van der Waals surface area (Å²) in [5.74, 6) is 0. The van der Waals surface area contributed by atoms with Gasteiger partial charge in [-0.25, -0.2) is 0 Å². The second-order valence-electron chi connectivity index (χ2n) is 1.38. The highest BCUT2D eigenvalue weighted by Gasteiger charge is 1.97. The predicted octanol–water partition coefficient (Wildman–Crippen LogP) is 1.45. The molecule has 0 saturated heterocycles. The molecule has 0 aromatic carbocycles. The minimum absolute atomic E-state index is 0.545. The van der Waals surface area contributed by atoms with Crippen LogP contribution in [-0.4, -0.2) is 17.3 Å². The van der Waals surface area contributed by atoms with E-state index in [0.29, 0.717) is 6.61 Å². The van der Waals surface area contributed by atoms with Gasteiger partial charge in [0.25, 0.3) is 0 Å². The van der Waals surface area contributed by atoms with Crippen molar-refractivity contribution in [3.05, 3.63) is 8.92 Å². The number of methoxy groups -OCH3 is 1. The number of halogens is 1. The summed E-state index contributed by atoms with van der Waals surface area (Å²) in [7, 11) is 1.63. The van der Waals surface area contributed by atoms with Crippen LogP contribution in [0, 0.1) is 0 Å². The van der Waals surface area contributed by atoms with E-state index in [-0.39, 0.29) is 0 Å². The maximum absolute atomic E-state index is 4.83. The van der Waals surface area contributed by atoms with Crippen molar-refractivity contribution in [1.82, 2.24) is 10.2 Å². The average molecular weight is 209 g/mol. The van der Waals surface area contributed by atoms with Crippen molar-refractivity contribution in [2.24, 2.45) is 0 Å². The molecule has 3 nitrogen and oxygen atoms in total. The summed E-state index contributed by atoms with van der Waals surface area (Å²) in [5, 5.41) is 8.44. The zero-order valence-corrected chi connectivity index (χ0v) is 7.20. The molecule has 5 heteroatoms. The van der Waals surface area contributed by atoms with E-state index in [9.17, 15) is 0 Å². The van der Waals surface area contributed by atoms with Crippen molar-refractivity contribution in [3.8, 4) is 0 Å². The SMILES string of the molecule is COCc1nnc(Br)s1. The molecule has 0 aliphatic heterocycles. The van der Waals surface area contributed by atoms with E-state index in [1.54, 1.807) is 7.11 Å². The fraction of sp³-hybridized carbons (Fsp3) is 0.500. The van der Waals surface area contributed by atoms with Crippen LogP contribution in [0.4, 0.5) is 0 Å². The van der Waals surface area contributed by atoms with E-state index < -0.39 is 0 Å². The van der Waals surface area contributed by atoms with Crippen LogP contribution in [0.1, 0.15) is 5.01 Å². The molecule has 0 N–H and O–H groups in total. The first kappa shape index (κ1) is 7.11. The van der Waals surface area contributed by atoms with Crippen LogP contribution in [0.5, 0.6) is 0 Å². The Kier molecular flexibility index (Phi) is 2.56. The lowest BCUT2D eigenvalue weighted by Crippen LogP contribution is -1.84. The fourth-order valence-corrected chi connectivity index (χ4v) is 1.59. The highest BCUT2D eigenvalue weighted by atomic mass is 79.9. The molecule has 1 heterocycles. The first-order chi connectivity index (χ1) is 4.33. The molecule has 0 amide bonds. The molecule has 9 heavy (non-hydrogen) atoms. The third kappa shape index (κ3) is 2.00. The Labute approximate surface area is 65.2 Å². The third-order valence-electron chi connectivity index (χ3n) is 0.710. The van der Waals surface area contributed by atoms with Gasteiger partial charge in [-0.1, -0.05) is 11.3 Å². The van der Waals surface area contributed by atoms with Crippen LogP contribution in [0.15, 0.2) is 3.92 Å². The Bertz CT molecular complexity index is 190. The molecule has 0 aliphatic carbocycles. The van der Waals surface area contributed by atoms with Crippen LogP contribution in [0.3, 0.4) is 0 Å². The van der Waals surface area contributed by atoms with Gasteiger partial charge in [-0.15, -0.1) is 10.2 Å². The molecule has 1 rings (SSSR count). The van der Waals surface area contributed by atoms with Crippen molar-refractivity contribution >= 4 is 27.3 Å². The van der Waals surface area contributed by atoms with Gasteiger partial charge in [0, 0.05) is 7.11 Å². The maximum Gasteiger partial charge on any atom is 0.183 e. The molecule has 0 aliphatic rings. The largest absolute Gasteiger partial charge is 0.377 e. The van der Waals surface area contributed by atoms with Gasteiger partial charge in [0.05, 0.1) is 6.61 Å². The van der Waals surface area contributed by atoms with Gasteiger partial charge in [-0.2, -0.15) is 0 Å². The number of ether oxygens (including phenoxy) is 1. The van der Waals surface area contributed by atoms with E-state index in [1.807, 2.05) is 0 Å². The molecule has 1 aromatic heterocycles. The number of nitrogens with zero attached hydrogens (tertiary/aromatic N) is 2. The molecule has 0 saturated carbocycles. The van der Waals surface area contributed by atoms with Gasteiger partial charge in [-0.05, 0) is 15.9 Å². The van der Waals surface area contributed by atoms with Gasteiger partial charge >= 0.3 is 0 Å². The summed E-state index contributed by atoms with van der Waals surface area (Å²) >= 11 is 4.67. The highest BCUT2D eigenvalue weighted by molar-refractivity contribution is 9.11. The third-order valence-corrected chi connectivity index (χ3v) is 2.04. The van der Waals surface area contributed by atoms with E-state index in [2.05, 4.69) is 26.1 Å². The first-order valence-electron chi connectivity index (χ1n) is 2.29. The van der Waals surface area contributed by atoms with Crippen LogP contribution < -0.4 is 0 Å². The van der Waals surface area contributed by atoms with Gasteiger partial charge in [0.2, 0.25) is 0 Å². The van der Waals surface area contributed by atoms with Crippen molar-refractivity contribution in [1.29, 1.82) is 0 Å². The Hall–Kier alpha value is -0.0000000000000000833. The number of hydrogen-bond acceptors (Lipinski definition) is 4. The maximum atomic E-state index is 4.83. The molecule has 0 bridgehead atoms. The highest BCUT2D eigenvalue weighted by Crippen LogP contribution is 2.15. The predicted molar refractivity (Wildman–Crippen MR) is 38.3 cm³/mol. The summed E-state index contributed by atoms with van der Waals surface area (Å²) in [5.41, 5.74) is 0. The minimum atomic E-state index is 0.545. The molecule has 1 aromatic rings. The molecule has 0 radical (unpaired) electrons. The summed E-state index contributed by atoms with van der Waals surface area (Å²) in [6.45, 7) is 0.545. The van der Waals surface area contributed by atoms with Crippen molar-refractivity contribution in [3.63, 3.8) is 0 Å². The van der Waals surface area contributed by atoms with Crippen molar-refractivity contribution < 1.29 is 4.74 Å². The van der Waals surface area contributed by atoms with Gasteiger partial charge < -0.3 is 4.74 Å². The van der Waals surface area contributed by atoms with Gasteiger partial charge in [-0.3, -0.25) is 0 Å². The van der Waals surface area contributed by atoms with Crippen LogP contribution >= 0.6 is 27.3 Å². The summed E-state index contributed by atoms with van der Waals surface area (Å²) in [6.07, 6.45) is 0. The van der Waals surface area contributed by atoms with Crippen LogP contribution in [0.25, 0.3) is 0 Å². The quantitative estimate of drug-likeness (QED) is 0.739. The number of hydrogen-bond donors (Lipinski definition) is 0. The van der Waals surface area contributed by atoms with E-state index >= 15 is 0 Å². The zero-order chi connectivity index (χ0) is 6.69. The first-order valence-corrected chi connectivity index (χ1v) is 3.90. The van der Waals surface area contributed by atoms with E-state index in [0.717, 1.165) is 8.92 Å². The lowest BCUT2D eigenvalue weighted by molar-refractivity contribution is 0.184. The van der Waals surface area contributed by atoms with Crippen molar-refractivity contribution in [2.75, 3.05) is 7.11 Å². The van der Waals surface area contributed by atoms with Crippen LogP contribution in [-0.2, 0) is 11.3 Å². The molecule has 0 fully saturated rings. The Morgan fingerprint density at radius 1 is 1.67 bits per heavy atom. The lowest BCUT2D eigenvalue weighted by Gasteiger charge is -1.86. The van der Waals surface area contributed by atoms with Gasteiger partial charge in [0.15, 0.2) is 3.92 Å². The standard InChI is InChI=1S/C4H5BrN2OS/c1-8-2-3-6-7-4(5)9-3/h2H2,1H3. The molecular formula is C4H5BrN2OS. The van der Waals surface area contributed by atoms with Crippen LogP contribution in [0.2, 0.25) is 0 Å². The second kappa shape index (κ2) is 3.24. The molecular weight excluding hydrogens is 204 g/mol. The topological polar surface area (TPSA) is 35.0 Å². The molecule has 0 atom stereocenters. The molecule has 50 valence electrons. The minimum Gasteiger partial charge on any atom is -0.377 e. The lowest BCUT2D eigenvalue weighted by atomic mass is 10.8. The number of rotatable bonds is 2. The summed E-state index contributed by atoms with van der Waals surface area (Å²) in [4.78, 5) is 0. The Morgan fingerprint density at radius 2 is 2.44 bits per heavy atom.